The van der Waals surface area contributed by atoms with Crippen LogP contribution in [0.1, 0.15) is 31.7 Å². The summed E-state index contributed by atoms with van der Waals surface area (Å²) in [6.45, 7) is 4.74. The van der Waals surface area contributed by atoms with Crippen LogP contribution in [0, 0.1) is 0 Å². The first-order chi connectivity index (χ1) is 6.92. The van der Waals surface area contributed by atoms with E-state index >= 15 is 0 Å². The Balaban J connectivity index is 2.14. The fourth-order valence-electron chi connectivity index (χ4n) is 2.19. The molecule has 0 aromatic heterocycles. The van der Waals surface area contributed by atoms with Crippen LogP contribution in [0.5, 0.6) is 0 Å². The molecule has 1 aliphatic rings. The van der Waals surface area contributed by atoms with Crippen LogP contribution in [-0.2, 0) is 6.42 Å². The predicted octanol–water partition coefficient (Wildman–Crippen LogP) is 3.24. The van der Waals surface area contributed by atoms with Gasteiger partial charge in [-0.05, 0) is 30.9 Å². The third-order valence-corrected chi connectivity index (χ3v) is 2.99. The molecule has 2 rings (SSSR count). The zero-order chi connectivity index (χ0) is 9.80. The smallest absolute Gasteiger partial charge is 0.0398 e. The minimum Gasteiger partial charge on any atom is -0.371 e. The Morgan fingerprint density at radius 1 is 1.29 bits per heavy atom. The van der Waals surface area contributed by atoms with Gasteiger partial charge in [-0.15, -0.1) is 0 Å². The first-order valence-corrected chi connectivity index (χ1v) is 5.74. The van der Waals surface area contributed by atoms with Gasteiger partial charge < -0.3 is 4.90 Å². The lowest BCUT2D eigenvalue weighted by atomic mass is 10.0. The van der Waals surface area contributed by atoms with Crippen LogP contribution in [0.3, 0.4) is 0 Å². The molecule has 0 fully saturated rings. The third-order valence-electron chi connectivity index (χ3n) is 2.99. The van der Waals surface area contributed by atoms with E-state index < -0.39 is 0 Å². The number of fused-ring (bicyclic) bond motifs is 1. The topological polar surface area (TPSA) is 3.24 Å². The van der Waals surface area contributed by atoms with Gasteiger partial charge in [0.2, 0.25) is 0 Å². The molecule has 0 spiro atoms. The molecule has 0 aliphatic carbocycles. The summed E-state index contributed by atoms with van der Waals surface area (Å²) in [5, 5.41) is 0. The van der Waals surface area contributed by atoms with Crippen molar-refractivity contribution >= 4 is 5.69 Å². The highest BCUT2D eigenvalue weighted by atomic mass is 15.1. The van der Waals surface area contributed by atoms with Crippen molar-refractivity contribution in [3.8, 4) is 0 Å². The van der Waals surface area contributed by atoms with E-state index in [0.717, 1.165) is 0 Å². The van der Waals surface area contributed by atoms with Crippen LogP contribution in [0.15, 0.2) is 24.3 Å². The molecule has 0 bridgehead atoms. The molecule has 1 heteroatoms. The third kappa shape index (κ3) is 1.92. The van der Waals surface area contributed by atoms with Crippen molar-refractivity contribution < 1.29 is 0 Å². The zero-order valence-corrected chi connectivity index (χ0v) is 9.00. The van der Waals surface area contributed by atoms with E-state index in [1.165, 1.54) is 50.0 Å². The number of hydrogen-bond donors (Lipinski definition) is 0. The Morgan fingerprint density at radius 3 is 3.00 bits per heavy atom. The second-order valence-corrected chi connectivity index (χ2v) is 4.07. The summed E-state index contributed by atoms with van der Waals surface area (Å²) in [4.78, 5) is 2.54. The molecular weight excluding hydrogens is 170 g/mol. The number of para-hydroxylation sites is 1. The molecule has 0 atom stereocenters. The van der Waals surface area contributed by atoms with Gasteiger partial charge >= 0.3 is 0 Å². The summed E-state index contributed by atoms with van der Waals surface area (Å²) in [6, 6.07) is 8.85. The molecule has 1 nitrogen and oxygen atoms in total. The fraction of sp³-hybridized carbons (Fsp3) is 0.538. The Labute approximate surface area is 86.7 Å². The largest absolute Gasteiger partial charge is 0.371 e. The summed E-state index contributed by atoms with van der Waals surface area (Å²) >= 11 is 0. The van der Waals surface area contributed by atoms with E-state index in [0.29, 0.717) is 0 Å². The Bertz CT molecular complexity index is 293. The maximum absolute atomic E-state index is 2.54. The Morgan fingerprint density at radius 2 is 2.14 bits per heavy atom. The summed E-state index contributed by atoms with van der Waals surface area (Å²) in [5.41, 5.74) is 3.02. The second kappa shape index (κ2) is 4.50. The maximum atomic E-state index is 2.54. The minimum atomic E-state index is 1.23. The summed E-state index contributed by atoms with van der Waals surface area (Å²) in [5.74, 6) is 0. The van der Waals surface area contributed by atoms with E-state index in [1.54, 1.807) is 0 Å². The van der Waals surface area contributed by atoms with E-state index in [2.05, 4.69) is 36.1 Å². The van der Waals surface area contributed by atoms with Gasteiger partial charge in [-0.1, -0.05) is 31.5 Å². The average molecular weight is 189 g/mol. The molecule has 0 radical (unpaired) electrons. The Hall–Kier alpha value is -0.980. The molecule has 1 heterocycles. The number of unbranched alkanes of at least 4 members (excludes halogenated alkanes) is 1. The van der Waals surface area contributed by atoms with Crippen molar-refractivity contribution in [3.05, 3.63) is 29.8 Å². The normalized spacial score (nSPS) is 15.4. The van der Waals surface area contributed by atoms with Gasteiger partial charge in [0, 0.05) is 18.8 Å². The van der Waals surface area contributed by atoms with Crippen LogP contribution in [0.2, 0.25) is 0 Å². The molecule has 1 aliphatic heterocycles. The first-order valence-electron chi connectivity index (χ1n) is 5.74. The maximum Gasteiger partial charge on any atom is 0.0398 e. The van der Waals surface area contributed by atoms with Crippen LogP contribution < -0.4 is 4.90 Å². The molecule has 1 aromatic carbocycles. The molecular formula is C13H19N. The molecule has 0 saturated carbocycles. The van der Waals surface area contributed by atoms with Crippen molar-refractivity contribution in [1.29, 1.82) is 0 Å². The lowest BCUT2D eigenvalue weighted by Crippen LogP contribution is -2.30. The van der Waals surface area contributed by atoms with E-state index in [9.17, 15) is 0 Å². The van der Waals surface area contributed by atoms with Gasteiger partial charge in [-0.2, -0.15) is 0 Å². The van der Waals surface area contributed by atoms with Crippen LogP contribution in [0.25, 0.3) is 0 Å². The Kier molecular flexibility index (Phi) is 3.07. The molecule has 1 aromatic rings. The zero-order valence-electron chi connectivity index (χ0n) is 9.00. The predicted molar refractivity (Wildman–Crippen MR) is 61.9 cm³/mol. The number of hydrogen-bond acceptors (Lipinski definition) is 1. The van der Waals surface area contributed by atoms with Crippen molar-refractivity contribution in [3.63, 3.8) is 0 Å². The van der Waals surface area contributed by atoms with Gasteiger partial charge in [0.15, 0.2) is 0 Å². The van der Waals surface area contributed by atoms with Gasteiger partial charge in [0.25, 0.3) is 0 Å². The van der Waals surface area contributed by atoms with Crippen molar-refractivity contribution in [1.82, 2.24) is 0 Å². The standard InChI is InChI=1S/C13H19N/c1-2-3-10-14-11-6-8-12-7-4-5-9-13(12)14/h4-5,7,9H,2-3,6,8,10-11H2,1H3. The molecule has 76 valence electrons. The molecule has 0 saturated heterocycles. The van der Waals surface area contributed by atoms with Crippen LogP contribution in [-0.4, -0.2) is 13.1 Å². The van der Waals surface area contributed by atoms with Crippen molar-refractivity contribution in [2.45, 2.75) is 32.6 Å². The highest BCUT2D eigenvalue weighted by Crippen LogP contribution is 2.26. The lowest BCUT2D eigenvalue weighted by Gasteiger charge is -2.31. The molecule has 14 heavy (non-hydrogen) atoms. The van der Waals surface area contributed by atoms with Crippen LogP contribution >= 0.6 is 0 Å². The SMILES string of the molecule is CCCCN1CCCc2ccccc21. The summed E-state index contributed by atoms with van der Waals surface area (Å²) in [6.07, 6.45) is 5.19. The summed E-state index contributed by atoms with van der Waals surface area (Å²) < 4.78 is 0. The van der Waals surface area contributed by atoms with Gasteiger partial charge in [0.05, 0.1) is 0 Å². The number of rotatable bonds is 3. The fourth-order valence-corrected chi connectivity index (χ4v) is 2.19. The summed E-state index contributed by atoms with van der Waals surface area (Å²) in [7, 11) is 0. The van der Waals surface area contributed by atoms with Gasteiger partial charge in [-0.25, -0.2) is 0 Å². The highest BCUT2D eigenvalue weighted by molar-refractivity contribution is 5.55. The van der Waals surface area contributed by atoms with E-state index in [1.807, 2.05) is 0 Å². The first kappa shape index (κ1) is 9.57. The number of benzene rings is 1. The highest BCUT2D eigenvalue weighted by Gasteiger charge is 2.14. The molecule has 0 unspecified atom stereocenters. The van der Waals surface area contributed by atoms with Gasteiger partial charge in [0.1, 0.15) is 0 Å². The van der Waals surface area contributed by atoms with Crippen molar-refractivity contribution in [2.24, 2.45) is 0 Å². The monoisotopic (exact) mass is 189 g/mol. The van der Waals surface area contributed by atoms with E-state index in [-0.39, 0.29) is 0 Å². The van der Waals surface area contributed by atoms with Gasteiger partial charge in [-0.3, -0.25) is 0 Å². The minimum absolute atomic E-state index is 1.23. The van der Waals surface area contributed by atoms with Crippen molar-refractivity contribution in [2.75, 3.05) is 18.0 Å². The average Bonchev–Trinajstić information content (AvgIpc) is 2.26. The number of anilines is 1. The van der Waals surface area contributed by atoms with Crippen LogP contribution in [0.4, 0.5) is 5.69 Å². The molecule has 0 N–H and O–H groups in total. The lowest BCUT2D eigenvalue weighted by molar-refractivity contribution is 0.658. The second-order valence-electron chi connectivity index (χ2n) is 4.07. The van der Waals surface area contributed by atoms with E-state index in [4.69, 9.17) is 0 Å². The quantitative estimate of drug-likeness (QED) is 0.705. The molecule has 0 amide bonds. The number of aryl methyl sites for hydroxylation is 1. The number of nitrogens with zero attached hydrogens (tertiary/aromatic N) is 1.